The van der Waals surface area contributed by atoms with E-state index in [2.05, 4.69) is 19.1 Å². The molecule has 1 aromatic carbocycles. The Balaban J connectivity index is 2.87. The summed E-state index contributed by atoms with van der Waals surface area (Å²) in [6, 6.07) is 8.25. The second-order valence-electron chi connectivity index (χ2n) is 3.58. The fraction of sp³-hybridized carbons (Fsp3) is 0.231. The SMILES string of the molecule is CCc1ccc(/C(N)=C/C=C(/C)N)cc1. The van der Waals surface area contributed by atoms with E-state index in [1.165, 1.54) is 5.56 Å². The predicted molar refractivity (Wildman–Crippen MR) is 65.9 cm³/mol. The van der Waals surface area contributed by atoms with E-state index >= 15 is 0 Å². The van der Waals surface area contributed by atoms with Crippen LogP contribution >= 0.6 is 0 Å². The maximum absolute atomic E-state index is 5.90. The molecule has 0 atom stereocenters. The van der Waals surface area contributed by atoms with Gasteiger partial charge in [-0.15, -0.1) is 0 Å². The van der Waals surface area contributed by atoms with Crippen LogP contribution in [0.15, 0.2) is 42.1 Å². The van der Waals surface area contributed by atoms with Crippen LogP contribution in [0.5, 0.6) is 0 Å². The first-order valence-corrected chi connectivity index (χ1v) is 5.12. The summed E-state index contributed by atoms with van der Waals surface area (Å²) in [6.45, 7) is 3.97. The van der Waals surface area contributed by atoms with Crippen molar-refractivity contribution in [3.63, 3.8) is 0 Å². The van der Waals surface area contributed by atoms with Crippen molar-refractivity contribution in [2.24, 2.45) is 11.5 Å². The Labute approximate surface area is 91.3 Å². The van der Waals surface area contributed by atoms with Crippen LogP contribution in [0.1, 0.15) is 25.0 Å². The van der Waals surface area contributed by atoms with E-state index in [1.54, 1.807) is 0 Å². The highest BCUT2D eigenvalue weighted by atomic mass is 14.6. The molecule has 0 radical (unpaired) electrons. The van der Waals surface area contributed by atoms with Crippen LogP contribution in [0.2, 0.25) is 0 Å². The number of aryl methyl sites for hydroxylation is 1. The Morgan fingerprint density at radius 2 is 1.73 bits per heavy atom. The summed E-state index contributed by atoms with van der Waals surface area (Å²) >= 11 is 0. The van der Waals surface area contributed by atoms with Gasteiger partial charge in [0.2, 0.25) is 0 Å². The van der Waals surface area contributed by atoms with Crippen molar-refractivity contribution in [2.45, 2.75) is 20.3 Å². The van der Waals surface area contributed by atoms with Gasteiger partial charge in [-0.1, -0.05) is 31.2 Å². The van der Waals surface area contributed by atoms with Gasteiger partial charge in [0.15, 0.2) is 0 Å². The molecule has 0 aromatic heterocycles. The van der Waals surface area contributed by atoms with E-state index in [0.717, 1.165) is 23.4 Å². The molecule has 0 aliphatic carbocycles. The molecule has 80 valence electrons. The van der Waals surface area contributed by atoms with Gasteiger partial charge in [0.05, 0.1) is 0 Å². The van der Waals surface area contributed by atoms with Crippen molar-refractivity contribution < 1.29 is 0 Å². The first-order chi connectivity index (χ1) is 7.13. The Bertz CT molecular complexity index is 368. The van der Waals surface area contributed by atoms with Gasteiger partial charge >= 0.3 is 0 Å². The second-order valence-corrected chi connectivity index (χ2v) is 3.58. The molecular weight excluding hydrogens is 184 g/mol. The highest BCUT2D eigenvalue weighted by Gasteiger charge is 1.95. The number of benzene rings is 1. The summed E-state index contributed by atoms with van der Waals surface area (Å²) in [5.41, 5.74) is 15.3. The molecule has 0 amide bonds. The van der Waals surface area contributed by atoms with Crippen LogP contribution in [0.4, 0.5) is 0 Å². The third-order valence-corrected chi connectivity index (χ3v) is 2.22. The van der Waals surface area contributed by atoms with Crippen LogP contribution in [-0.4, -0.2) is 0 Å². The van der Waals surface area contributed by atoms with Crippen molar-refractivity contribution in [3.8, 4) is 0 Å². The first-order valence-electron chi connectivity index (χ1n) is 5.12. The van der Waals surface area contributed by atoms with Crippen LogP contribution in [0.25, 0.3) is 5.70 Å². The van der Waals surface area contributed by atoms with Gasteiger partial charge in [0.25, 0.3) is 0 Å². The Morgan fingerprint density at radius 1 is 1.13 bits per heavy atom. The molecular formula is C13H18N2. The Morgan fingerprint density at radius 3 is 2.20 bits per heavy atom. The van der Waals surface area contributed by atoms with Crippen molar-refractivity contribution >= 4 is 5.70 Å². The normalized spacial score (nSPS) is 12.9. The second kappa shape index (κ2) is 5.25. The fourth-order valence-corrected chi connectivity index (χ4v) is 1.25. The molecule has 1 aromatic rings. The zero-order valence-corrected chi connectivity index (χ0v) is 9.33. The molecule has 0 bridgehead atoms. The van der Waals surface area contributed by atoms with Crippen molar-refractivity contribution in [1.82, 2.24) is 0 Å². The summed E-state index contributed by atoms with van der Waals surface area (Å²) in [4.78, 5) is 0. The minimum absolute atomic E-state index is 0.738. The summed E-state index contributed by atoms with van der Waals surface area (Å²) in [5, 5.41) is 0. The fourth-order valence-electron chi connectivity index (χ4n) is 1.25. The summed E-state index contributed by atoms with van der Waals surface area (Å²) in [5.74, 6) is 0. The summed E-state index contributed by atoms with van der Waals surface area (Å²) in [6.07, 6.45) is 4.69. The molecule has 15 heavy (non-hydrogen) atoms. The van der Waals surface area contributed by atoms with Crippen LogP contribution in [-0.2, 0) is 6.42 Å². The molecule has 0 spiro atoms. The predicted octanol–water partition coefficient (Wildman–Crippen LogP) is 2.41. The molecule has 4 N–H and O–H groups in total. The van der Waals surface area contributed by atoms with E-state index in [0.29, 0.717) is 0 Å². The van der Waals surface area contributed by atoms with Crippen molar-refractivity contribution in [2.75, 3.05) is 0 Å². The van der Waals surface area contributed by atoms with Gasteiger partial charge in [0, 0.05) is 11.4 Å². The lowest BCUT2D eigenvalue weighted by Gasteiger charge is -2.02. The molecule has 0 aliphatic heterocycles. The van der Waals surface area contributed by atoms with Gasteiger partial charge in [-0.25, -0.2) is 0 Å². The maximum atomic E-state index is 5.90. The molecule has 0 unspecified atom stereocenters. The van der Waals surface area contributed by atoms with Gasteiger partial charge in [-0.3, -0.25) is 0 Å². The van der Waals surface area contributed by atoms with E-state index in [4.69, 9.17) is 11.5 Å². The smallest absolute Gasteiger partial charge is 0.0388 e. The number of hydrogen-bond donors (Lipinski definition) is 2. The lowest BCUT2D eigenvalue weighted by Crippen LogP contribution is -1.97. The quantitative estimate of drug-likeness (QED) is 0.739. The third kappa shape index (κ3) is 3.50. The van der Waals surface area contributed by atoms with E-state index in [1.807, 2.05) is 31.2 Å². The first kappa shape index (κ1) is 11.4. The standard InChI is InChI=1S/C13H18N2/c1-3-11-5-7-12(8-6-11)13(15)9-4-10(2)14/h4-9H,3,14-15H2,1-2H3/b10-4-,13-9-. The lowest BCUT2D eigenvalue weighted by molar-refractivity contribution is 1.14. The van der Waals surface area contributed by atoms with Crippen LogP contribution < -0.4 is 11.5 Å². The Hall–Kier alpha value is -1.70. The zero-order valence-electron chi connectivity index (χ0n) is 9.33. The van der Waals surface area contributed by atoms with Crippen molar-refractivity contribution in [1.29, 1.82) is 0 Å². The monoisotopic (exact) mass is 202 g/mol. The summed E-state index contributed by atoms with van der Waals surface area (Å²) in [7, 11) is 0. The van der Waals surface area contributed by atoms with Gasteiger partial charge in [-0.05, 0) is 36.6 Å². The highest BCUT2D eigenvalue weighted by Crippen LogP contribution is 2.11. The van der Waals surface area contributed by atoms with Gasteiger partial charge < -0.3 is 11.5 Å². The molecule has 1 rings (SSSR count). The highest BCUT2D eigenvalue weighted by molar-refractivity contribution is 5.64. The minimum atomic E-state index is 0.738. The molecule has 2 nitrogen and oxygen atoms in total. The lowest BCUT2D eigenvalue weighted by atomic mass is 10.1. The Kier molecular flexibility index (Phi) is 3.98. The molecule has 0 saturated carbocycles. The molecule has 0 saturated heterocycles. The van der Waals surface area contributed by atoms with Gasteiger partial charge in [-0.2, -0.15) is 0 Å². The topological polar surface area (TPSA) is 52.0 Å². The molecule has 2 heteroatoms. The number of hydrogen-bond acceptors (Lipinski definition) is 2. The average Bonchev–Trinajstić information content (AvgIpc) is 2.26. The summed E-state index contributed by atoms with van der Waals surface area (Å²) < 4.78 is 0. The molecule has 0 heterocycles. The average molecular weight is 202 g/mol. The van der Waals surface area contributed by atoms with Gasteiger partial charge in [0.1, 0.15) is 0 Å². The van der Waals surface area contributed by atoms with E-state index in [9.17, 15) is 0 Å². The molecule has 0 fully saturated rings. The number of allylic oxidation sites excluding steroid dienone is 3. The third-order valence-electron chi connectivity index (χ3n) is 2.22. The number of rotatable bonds is 3. The largest absolute Gasteiger partial charge is 0.402 e. The minimum Gasteiger partial charge on any atom is -0.402 e. The van der Waals surface area contributed by atoms with Crippen molar-refractivity contribution in [3.05, 3.63) is 53.2 Å². The van der Waals surface area contributed by atoms with E-state index < -0.39 is 0 Å². The maximum Gasteiger partial charge on any atom is 0.0388 e. The van der Waals surface area contributed by atoms with Crippen LogP contribution in [0, 0.1) is 0 Å². The number of nitrogens with two attached hydrogens (primary N) is 2. The molecule has 0 aliphatic rings. The van der Waals surface area contributed by atoms with E-state index in [-0.39, 0.29) is 0 Å². The van der Waals surface area contributed by atoms with Crippen LogP contribution in [0.3, 0.4) is 0 Å². The zero-order chi connectivity index (χ0) is 11.3.